The predicted molar refractivity (Wildman–Crippen MR) is 71.7 cm³/mol. The number of carbonyl (C=O) groups excluding carboxylic acids is 2. The van der Waals surface area contributed by atoms with Crippen LogP contribution in [0.25, 0.3) is 0 Å². The SMILES string of the molecule is O=C1C2C3C=CC(C3)C2C(=O)N1CC[NH+]1CC[NH2+]CC1.[Cl-].[Cl-]. The zero-order valence-electron chi connectivity index (χ0n) is 12.5. The number of rotatable bonds is 3. The van der Waals surface area contributed by atoms with Crippen molar-refractivity contribution in [3.63, 3.8) is 0 Å². The lowest BCUT2D eigenvalue weighted by atomic mass is 9.85. The zero-order chi connectivity index (χ0) is 13.7. The van der Waals surface area contributed by atoms with E-state index in [1.807, 2.05) is 0 Å². The molecule has 2 heterocycles. The summed E-state index contributed by atoms with van der Waals surface area (Å²) in [5.74, 6) is 0.843. The number of halogens is 2. The topological polar surface area (TPSA) is 58.4 Å². The van der Waals surface area contributed by atoms with E-state index < -0.39 is 0 Å². The number of nitrogens with two attached hydrogens (primary N) is 1. The second-order valence-corrected chi connectivity index (χ2v) is 6.69. The minimum atomic E-state index is -0.0258. The summed E-state index contributed by atoms with van der Waals surface area (Å²) in [5.41, 5.74) is 0. The van der Waals surface area contributed by atoms with Crippen LogP contribution < -0.4 is 35.0 Å². The van der Waals surface area contributed by atoms with Crippen LogP contribution in [-0.2, 0) is 9.59 Å². The van der Waals surface area contributed by atoms with Crippen LogP contribution in [0.5, 0.6) is 0 Å². The highest BCUT2D eigenvalue weighted by Crippen LogP contribution is 2.52. The number of quaternary nitrogens is 2. The van der Waals surface area contributed by atoms with Gasteiger partial charge in [0.05, 0.1) is 24.9 Å². The van der Waals surface area contributed by atoms with Crippen molar-refractivity contribution in [3.05, 3.63) is 12.2 Å². The highest BCUT2D eigenvalue weighted by atomic mass is 35.5. The molecule has 4 unspecified atom stereocenters. The van der Waals surface area contributed by atoms with Crippen molar-refractivity contribution in [2.75, 3.05) is 39.3 Å². The molecule has 2 aliphatic heterocycles. The summed E-state index contributed by atoms with van der Waals surface area (Å²) in [6.07, 6.45) is 5.34. The molecule has 4 atom stereocenters. The van der Waals surface area contributed by atoms with Gasteiger partial charge in [-0.05, 0) is 18.3 Å². The minimum Gasteiger partial charge on any atom is -1.00 e. The number of hydrogen-bond donors (Lipinski definition) is 2. The maximum Gasteiger partial charge on any atom is 0.233 e. The number of amides is 2. The Labute approximate surface area is 143 Å². The number of likely N-dealkylation sites (tertiary alicyclic amines) is 1. The molecule has 2 saturated heterocycles. The molecule has 22 heavy (non-hydrogen) atoms. The number of carbonyl (C=O) groups is 2. The molecule has 1 saturated carbocycles. The summed E-state index contributed by atoms with van der Waals surface area (Å²) in [4.78, 5) is 28.1. The normalized spacial score (nSPS) is 36.3. The van der Waals surface area contributed by atoms with Crippen molar-refractivity contribution in [3.8, 4) is 0 Å². The van der Waals surface area contributed by atoms with Crippen LogP contribution in [-0.4, -0.2) is 56.0 Å². The van der Waals surface area contributed by atoms with Crippen LogP contribution in [0, 0.1) is 23.7 Å². The van der Waals surface area contributed by atoms with Crippen LogP contribution in [0.1, 0.15) is 6.42 Å². The molecule has 124 valence electrons. The fraction of sp³-hybridized carbons (Fsp3) is 0.733. The second kappa shape index (κ2) is 6.87. The Balaban J connectivity index is 0.000000882. The third-order valence-electron chi connectivity index (χ3n) is 5.65. The molecular weight excluding hydrogens is 325 g/mol. The van der Waals surface area contributed by atoms with E-state index in [9.17, 15) is 9.59 Å². The monoisotopic (exact) mass is 347 g/mol. The van der Waals surface area contributed by atoms with Gasteiger partial charge in [-0.3, -0.25) is 14.5 Å². The number of nitrogens with one attached hydrogen (secondary N) is 1. The maximum absolute atomic E-state index is 12.5. The first-order chi connectivity index (χ1) is 9.75. The number of imide groups is 1. The Morgan fingerprint density at radius 1 is 1.05 bits per heavy atom. The molecule has 2 bridgehead atoms. The highest BCUT2D eigenvalue weighted by Gasteiger charge is 2.59. The summed E-state index contributed by atoms with van der Waals surface area (Å²) in [6.45, 7) is 6.17. The zero-order valence-corrected chi connectivity index (χ0v) is 14.0. The van der Waals surface area contributed by atoms with Crippen molar-refractivity contribution in [1.29, 1.82) is 0 Å². The lowest BCUT2D eigenvalue weighted by Crippen LogP contribution is -3.20. The molecule has 3 N–H and O–H groups in total. The van der Waals surface area contributed by atoms with Gasteiger partial charge < -0.3 is 35.0 Å². The quantitative estimate of drug-likeness (QED) is 0.393. The number of nitrogens with zero attached hydrogens (tertiary/aromatic N) is 1. The van der Waals surface area contributed by atoms with E-state index in [1.165, 1.54) is 4.90 Å². The van der Waals surface area contributed by atoms with E-state index in [0.717, 1.165) is 39.1 Å². The van der Waals surface area contributed by atoms with Gasteiger partial charge in [-0.2, -0.15) is 0 Å². The van der Waals surface area contributed by atoms with Crippen LogP contribution in [0.4, 0.5) is 0 Å². The van der Waals surface area contributed by atoms with Gasteiger partial charge in [0.2, 0.25) is 11.8 Å². The predicted octanol–water partition coefficient (Wildman–Crippen LogP) is -8.74. The van der Waals surface area contributed by atoms with Crippen molar-refractivity contribution in [1.82, 2.24) is 4.90 Å². The lowest BCUT2D eigenvalue weighted by Gasteiger charge is -2.24. The molecule has 0 aromatic carbocycles. The first-order valence-corrected chi connectivity index (χ1v) is 7.94. The molecule has 2 amide bonds. The van der Waals surface area contributed by atoms with E-state index in [2.05, 4.69) is 17.5 Å². The molecule has 2 aliphatic carbocycles. The molecule has 4 aliphatic rings. The Hall–Kier alpha value is -0.620. The second-order valence-electron chi connectivity index (χ2n) is 6.69. The average Bonchev–Trinajstić information content (AvgIpc) is 3.13. The molecule has 0 spiro atoms. The minimum absolute atomic E-state index is 0. The Kier molecular flexibility index (Phi) is 5.54. The third-order valence-corrected chi connectivity index (χ3v) is 5.65. The van der Waals surface area contributed by atoms with E-state index in [4.69, 9.17) is 0 Å². The Bertz CT molecular complexity index is 449. The number of piperazine rings is 1. The molecule has 0 radical (unpaired) electrons. The van der Waals surface area contributed by atoms with Crippen LogP contribution in [0.15, 0.2) is 12.2 Å². The molecule has 0 aromatic heterocycles. The molecule has 7 heteroatoms. The Morgan fingerprint density at radius 2 is 1.59 bits per heavy atom. The van der Waals surface area contributed by atoms with E-state index in [0.29, 0.717) is 18.4 Å². The average molecular weight is 348 g/mol. The number of fused-ring (bicyclic) bond motifs is 5. The first-order valence-electron chi connectivity index (χ1n) is 7.94. The Morgan fingerprint density at radius 3 is 2.14 bits per heavy atom. The summed E-state index contributed by atoms with van der Waals surface area (Å²) in [6, 6.07) is 0. The highest BCUT2D eigenvalue weighted by molar-refractivity contribution is 6.06. The van der Waals surface area contributed by atoms with Crippen LogP contribution in [0.2, 0.25) is 0 Å². The van der Waals surface area contributed by atoms with Crippen molar-refractivity contribution < 1.29 is 44.6 Å². The summed E-state index contributed by atoms with van der Waals surface area (Å²) in [7, 11) is 0. The molecule has 3 fully saturated rings. The number of allylic oxidation sites excluding steroid dienone is 2. The summed E-state index contributed by atoms with van der Waals surface area (Å²) >= 11 is 0. The van der Waals surface area contributed by atoms with Gasteiger partial charge >= 0.3 is 0 Å². The smallest absolute Gasteiger partial charge is 0.233 e. The van der Waals surface area contributed by atoms with E-state index in [1.54, 1.807) is 4.90 Å². The first kappa shape index (κ1) is 17.7. The van der Waals surface area contributed by atoms with Gasteiger partial charge in [-0.25, -0.2) is 0 Å². The van der Waals surface area contributed by atoms with Gasteiger partial charge in [0.25, 0.3) is 0 Å². The lowest BCUT2D eigenvalue weighted by molar-refractivity contribution is -0.946. The summed E-state index contributed by atoms with van der Waals surface area (Å²) in [5, 5.41) is 2.34. The summed E-state index contributed by atoms with van der Waals surface area (Å²) < 4.78 is 0. The largest absolute Gasteiger partial charge is 1.00 e. The fourth-order valence-corrected chi connectivity index (χ4v) is 4.59. The van der Waals surface area contributed by atoms with Gasteiger partial charge in [-0.15, -0.1) is 0 Å². The molecule has 4 rings (SSSR count). The van der Waals surface area contributed by atoms with E-state index in [-0.39, 0.29) is 48.5 Å². The third kappa shape index (κ3) is 2.68. The fourth-order valence-electron chi connectivity index (χ4n) is 4.59. The van der Waals surface area contributed by atoms with Gasteiger partial charge in [-0.1, -0.05) is 12.2 Å². The molecule has 0 aromatic rings. The number of hydrogen-bond acceptors (Lipinski definition) is 2. The van der Waals surface area contributed by atoms with Gasteiger partial charge in [0.1, 0.15) is 26.2 Å². The van der Waals surface area contributed by atoms with Crippen molar-refractivity contribution in [2.24, 2.45) is 23.7 Å². The van der Waals surface area contributed by atoms with Crippen LogP contribution >= 0.6 is 0 Å². The molecular formula is C15H23Cl2N3O2. The van der Waals surface area contributed by atoms with Gasteiger partial charge in [0.15, 0.2) is 0 Å². The van der Waals surface area contributed by atoms with Crippen molar-refractivity contribution in [2.45, 2.75) is 6.42 Å². The van der Waals surface area contributed by atoms with Crippen molar-refractivity contribution >= 4 is 11.8 Å². The maximum atomic E-state index is 12.5. The van der Waals surface area contributed by atoms with Crippen LogP contribution in [0.3, 0.4) is 0 Å². The van der Waals surface area contributed by atoms with Gasteiger partial charge in [0, 0.05) is 0 Å². The van der Waals surface area contributed by atoms with E-state index >= 15 is 0 Å². The standard InChI is InChI=1S/C15H21N3O2.2ClH/c19-14-12-10-1-2-11(9-10)13(12)15(20)18(14)8-7-17-5-3-16-4-6-17;;/h1-2,10-13,16H,3-9H2;2*1H. The molecule has 5 nitrogen and oxygen atoms in total.